The summed E-state index contributed by atoms with van der Waals surface area (Å²) < 4.78 is 10.0. The first kappa shape index (κ1) is 21.8. The topological polar surface area (TPSA) is 88.9 Å². The van der Waals surface area contributed by atoms with E-state index in [9.17, 15) is 14.4 Å². The number of carbonyl (C=O) groups is 3. The molecule has 7 heteroatoms. The van der Waals surface area contributed by atoms with E-state index in [4.69, 9.17) is 9.15 Å². The van der Waals surface area contributed by atoms with Crippen LogP contribution >= 0.6 is 0 Å². The fourth-order valence-corrected chi connectivity index (χ4v) is 2.94. The molecule has 0 unspecified atom stereocenters. The van der Waals surface area contributed by atoms with Crippen molar-refractivity contribution in [3.8, 4) is 0 Å². The van der Waals surface area contributed by atoms with Gasteiger partial charge in [-0.25, -0.2) is 0 Å². The van der Waals surface area contributed by atoms with Crippen molar-refractivity contribution in [3.05, 3.63) is 95.9 Å². The molecular weight excluding hydrogens is 396 g/mol. The molecule has 2 amide bonds. The number of nitrogens with zero attached hydrogens (tertiary/aromatic N) is 1. The highest BCUT2D eigenvalue weighted by Crippen LogP contribution is 2.08. The fourth-order valence-electron chi connectivity index (χ4n) is 2.94. The van der Waals surface area contributed by atoms with Crippen LogP contribution in [-0.2, 0) is 27.3 Å². The van der Waals surface area contributed by atoms with E-state index in [-0.39, 0.29) is 18.2 Å². The molecule has 2 aromatic carbocycles. The Morgan fingerprint density at radius 2 is 1.55 bits per heavy atom. The summed E-state index contributed by atoms with van der Waals surface area (Å²) in [6, 6.07) is 22.6. The van der Waals surface area contributed by atoms with Crippen LogP contribution in [-0.4, -0.2) is 42.4 Å². The minimum atomic E-state index is -0.698. The quantitative estimate of drug-likeness (QED) is 0.510. The third-order valence-electron chi connectivity index (χ3n) is 4.58. The van der Waals surface area contributed by atoms with Gasteiger partial charge in [0.25, 0.3) is 11.8 Å². The predicted molar refractivity (Wildman–Crippen MR) is 114 cm³/mol. The van der Waals surface area contributed by atoms with E-state index in [0.29, 0.717) is 19.5 Å². The van der Waals surface area contributed by atoms with E-state index < -0.39 is 18.5 Å². The number of hydrogen-bond donors (Lipinski definition) is 1. The number of hydrogen-bond acceptors (Lipinski definition) is 5. The fraction of sp³-hybridized carbons (Fsp3) is 0.208. The van der Waals surface area contributed by atoms with Crippen LogP contribution in [0.1, 0.15) is 21.7 Å². The highest BCUT2D eigenvalue weighted by Gasteiger charge is 2.17. The van der Waals surface area contributed by atoms with Crippen LogP contribution in [0.15, 0.2) is 83.5 Å². The number of amides is 2. The van der Waals surface area contributed by atoms with E-state index in [2.05, 4.69) is 5.32 Å². The average molecular weight is 420 g/mol. The normalized spacial score (nSPS) is 10.3. The molecule has 1 heterocycles. The van der Waals surface area contributed by atoms with Crippen molar-refractivity contribution in [1.29, 1.82) is 0 Å². The second kappa shape index (κ2) is 11.3. The zero-order chi connectivity index (χ0) is 21.9. The maximum atomic E-state index is 12.7. The van der Waals surface area contributed by atoms with Crippen LogP contribution in [0.3, 0.4) is 0 Å². The summed E-state index contributed by atoms with van der Waals surface area (Å²) in [4.78, 5) is 38.1. The Hall–Kier alpha value is -3.87. The maximum absolute atomic E-state index is 12.7. The molecular formula is C24H24N2O5. The van der Waals surface area contributed by atoms with Gasteiger partial charge in [-0.15, -0.1) is 0 Å². The molecule has 0 aliphatic carbocycles. The minimum absolute atomic E-state index is 0.0961. The molecule has 7 nitrogen and oxygen atoms in total. The van der Waals surface area contributed by atoms with E-state index in [1.807, 2.05) is 60.7 Å². The Morgan fingerprint density at radius 3 is 2.19 bits per heavy atom. The van der Waals surface area contributed by atoms with Crippen LogP contribution in [0.25, 0.3) is 0 Å². The summed E-state index contributed by atoms with van der Waals surface area (Å²) in [6.07, 6.45) is 2.05. The van der Waals surface area contributed by atoms with Crippen LogP contribution in [0.2, 0.25) is 0 Å². The molecule has 0 spiro atoms. The standard InChI is InChI=1S/C24H24N2O5/c27-22(18-31-23(28)16-25-24(29)21-12-7-15-30-21)26(17-20-10-5-2-6-11-20)14-13-19-8-3-1-4-9-19/h1-12,15H,13-14,16-18H2,(H,25,29). The van der Waals surface area contributed by atoms with E-state index >= 15 is 0 Å². The summed E-state index contributed by atoms with van der Waals surface area (Å²) in [5.41, 5.74) is 2.10. The zero-order valence-electron chi connectivity index (χ0n) is 17.0. The number of carbonyl (C=O) groups excluding carboxylic acids is 3. The third-order valence-corrected chi connectivity index (χ3v) is 4.58. The predicted octanol–water partition coefficient (Wildman–Crippen LogP) is 2.82. The molecule has 0 saturated carbocycles. The first-order valence-corrected chi connectivity index (χ1v) is 9.95. The number of nitrogens with one attached hydrogen (secondary N) is 1. The Morgan fingerprint density at radius 1 is 0.871 bits per heavy atom. The highest BCUT2D eigenvalue weighted by molar-refractivity contribution is 5.93. The largest absolute Gasteiger partial charge is 0.459 e. The minimum Gasteiger partial charge on any atom is -0.459 e. The Balaban J connectivity index is 1.51. The molecule has 0 atom stereocenters. The molecule has 0 bridgehead atoms. The summed E-state index contributed by atoms with van der Waals surface area (Å²) in [5, 5.41) is 2.39. The van der Waals surface area contributed by atoms with Crippen LogP contribution in [0, 0.1) is 0 Å². The number of ether oxygens (including phenoxy) is 1. The van der Waals surface area contributed by atoms with E-state index in [1.54, 1.807) is 11.0 Å². The SMILES string of the molecule is O=C(CNC(=O)c1ccco1)OCC(=O)N(CCc1ccccc1)Cc1ccccc1. The van der Waals surface area contributed by atoms with Gasteiger partial charge in [-0.2, -0.15) is 0 Å². The molecule has 1 aromatic heterocycles. The lowest BCUT2D eigenvalue weighted by molar-refractivity contribution is -0.151. The summed E-state index contributed by atoms with van der Waals surface area (Å²) >= 11 is 0. The van der Waals surface area contributed by atoms with Crippen molar-refractivity contribution < 1.29 is 23.5 Å². The van der Waals surface area contributed by atoms with Gasteiger partial charge >= 0.3 is 5.97 Å². The zero-order valence-corrected chi connectivity index (χ0v) is 17.0. The Labute approximate surface area is 180 Å². The second-order valence-electron chi connectivity index (χ2n) is 6.86. The third kappa shape index (κ3) is 7.15. The van der Waals surface area contributed by atoms with Crippen molar-refractivity contribution in [2.45, 2.75) is 13.0 Å². The van der Waals surface area contributed by atoms with Crippen LogP contribution < -0.4 is 5.32 Å². The summed E-state index contributed by atoms with van der Waals surface area (Å²) in [6.45, 7) is 0.163. The first-order valence-electron chi connectivity index (χ1n) is 9.95. The molecule has 0 aliphatic heterocycles. The molecule has 31 heavy (non-hydrogen) atoms. The monoisotopic (exact) mass is 420 g/mol. The molecule has 0 saturated heterocycles. The lowest BCUT2D eigenvalue weighted by atomic mass is 10.1. The number of esters is 1. The van der Waals surface area contributed by atoms with Gasteiger partial charge in [-0.1, -0.05) is 60.7 Å². The van der Waals surface area contributed by atoms with Crippen molar-refractivity contribution in [1.82, 2.24) is 10.2 Å². The van der Waals surface area contributed by atoms with E-state index in [1.165, 1.54) is 12.3 Å². The van der Waals surface area contributed by atoms with Gasteiger partial charge < -0.3 is 19.4 Å². The van der Waals surface area contributed by atoms with Gasteiger partial charge in [0.15, 0.2) is 12.4 Å². The number of furan rings is 1. The molecule has 1 N–H and O–H groups in total. The average Bonchev–Trinajstić information content (AvgIpc) is 3.35. The van der Waals surface area contributed by atoms with Gasteiger partial charge in [-0.3, -0.25) is 14.4 Å². The molecule has 0 fully saturated rings. The molecule has 3 rings (SSSR count). The lowest BCUT2D eigenvalue weighted by Crippen LogP contribution is -2.37. The summed E-state index contributed by atoms with van der Waals surface area (Å²) in [5.74, 6) is -1.43. The van der Waals surface area contributed by atoms with Gasteiger partial charge in [0.1, 0.15) is 6.54 Å². The number of rotatable bonds is 10. The molecule has 0 radical (unpaired) electrons. The molecule has 0 aliphatic rings. The van der Waals surface area contributed by atoms with Crippen molar-refractivity contribution in [3.63, 3.8) is 0 Å². The first-order chi connectivity index (χ1) is 15.1. The van der Waals surface area contributed by atoms with Crippen molar-refractivity contribution in [2.75, 3.05) is 19.7 Å². The molecule has 3 aromatic rings. The Kier molecular flexibility index (Phi) is 7.99. The van der Waals surface area contributed by atoms with Gasteiger partial charge in [0, 0.05) is 13.1 Å². The highest BCUT2D eigenvalue weighted by atomic mass is 16.5. The van der Waals surface area contributed by atoms with Crippen LogP contribution in [0.5, 0.6) is 0 Å². The maximum Gasteiger partial charge on any atom is 0.325 e. The van der Waals surface area contributed by atoms with Gasteiger partial charge in [0.05, 0.1) is 6.26 Å². The molecule has 160 valence electrons. The van der Waals surface area contributed by atoms with Crippen LogP contribution in [0.4, 0.5) is 0 Å². The summed E-state index contributed by atoms with van der Waals surface area (Å²) in [7, 11) is 0. The smallest absolute Gasteiger partial charge is 0.325 e. The van der Waals surface area contributed by atoms with Crippen molar-refractivity contribution in [2.24, 2.45) is 0 Å². The second-order valence-corrected chi connectivity index (χ2v) is 6.86. The lowest BCUT2D eigenvalue weighted by Gasteiger charge is -2.23. The van der Waals surface area contributed by atoms with Gasteiger partial charge in [-0.05, 0) is 29.7 Å². The van der Waals surface area contributed by atoms with E-state index in [0.717, 1.165) is 11.1 Å². The van der Waals surface area contributed by atoms with Gasteiger partial charge in [0.2, 0.25) is 0 Å². The van der Waals surface area contributed by atoms with Crippen molar-refractivity contribution >= 4 is 17.8 Å². The number of benzene rings is 2. The Bertz CT molecular complexity index is 972.